The van der Waals surface area contributed by atoms with Crippen molar-refractivity contribution in [3.63, 3.8) is 0 Å². The third-order valence-corrected chi connectivity index (χ3v) is 9.78. The van der Waals surface area contributed by atoms with Gasteiger partial charge in [0.15, 0.2) is 5.82 Å². The Labute approximate surface area is 197 Å². The zero-order valence-electron chi connectivity index (χ0n) is 20.8. The molecule has 0 aliphatic heterocycles. The van der Waals surface area contributed by atoms with Gasteiger partial charge in [0.05, 0.1) is 18.7 Å². The van der Waals surface area contributed by atoms with Crippen LogP contribution in [0.4, 0.5) is 0 Å². The van der Waals surface area contributed by atoms with E-state index in [9.17, 15) is 4.79 Å². The average molecular weight is 457 g/mol. The van der Waals surface area contributed by atoms with Crippen LogP contribution in [0.25, 0.3) is 0 Å². The molecule has 4 unspecified atom stereocenters. The molecule has 0 radical (unpaired) electrons. The van der Waals surface area contributed by atoms with Crippen LogP contribution in [0, 0.1) is 34.5 Å². The van der Waals surface area contributed by atoms with Crippen LogP contribution in [0.15, 0.2) is 9.68 Å². The van der Waals surface area contributed by atoms with Crippen molar-refractivity contribution in [3.05, 3.63) is 11.7 Å². The zero-order chi connectivity index (χ0) is 23.2. The summed E-state index contributed by atoms with van der Waals surface area (Å²) in [5.74, 6) is 4.70. The molecule has 0 aromatic carbocycles. The molecule has 7 nitrogen and oxygen atoms in total. The van der Waals surface area contributed by atoms with E-state index in [1.807, 2.05) is 19.0 Å². The number of hydrogen-bond donors (Lipinski definition) is 0. The van der Waals surface area contributed by atoms with Gasteiger partial charge in [-0.1, -0.05) is 24.2 Å². The number of ketones is 1. The molecule has 0 saturated heterocycles. The quantitative estimate of drug-likeness (QED) is 0.457. The maximum atomic E-state index is 12.6. The van der Waals surface area contributed by atoms with Gasteiger partial charge in [-0.15, -0.1) is 0 Å². The van der Waals surface area contributed by atoms with Crippen LogP contribution in [0.3, 0.4) is 0 Å². The summed E-state index contributed by atoms with van der Waals surface area (Å²) in [5, 5.41) is 8.53. The monoisotopic (exact) mass is 456 g/mol. The molecule has 0 bridgehead atoms. The second-order valence-electron chi connectivity index (χ2n) is 11.9. The van der Waals surface area contributed by atoms with Crippen LogP contribution in [0.5, 0.6) is 0 Å². The molecule has 7 heteroatoms. The Morgan fingerprint density at radius 2 is 1.97 bits per heavy atom. The lowest BCUT2D eigenvalue weighted by Gasteiger charge is -2.59. The van der Waals surface area contributed by atoms with Crippen molar-refractivity contribution in [2.45, 2.75) is 84.6 Å². The molecule has 182 valence electrons. The van der Waals surface area contributed by atoms with Gasteiger partial charge in [-0.25, -0.2) is 0 Å². The predicted octanol–water partition coefficient (Wildman–Crippen LogP) is 4.66. The highest BCUT2D eigenvalue weighted by Crippen LogP contribution is 2.65. The molecule has 4 aliphatic rings. The van der Waals surface area contributed by atoms with Crippen LogP contribution < -0.4 is 0 Å². The number of fused-ring (bicyclic) bond motifs is 5. The van der Waals surface area contributed by atoms with Crippen molar-refractivity contribution in [1.82, 2.24) is 15.0 Å². The molecule has 0 N–H and O–H groups in total. The smallest absolute Gasteiger partial charge is 0.230 e. The minimum Gasteiger partial charge on any atom is -0.395 e. The predicted molar refractivity (Wildman–Crippen MR) is 126 cm³/mol. The van der Waals surface area contributed by atoms with E-state index in [2.05, 4.69) is 29.1 Å². The number of Topliss-reactive ketones (excluding diaryl/α,β-unsaturated/α-hetero) is 1. The summed E-state index contributed by atoms with van der Waals surface area (Å²) in [6.07, 6.45) is 10.7. The third-order valence-electron chi connectivity index (χ3n) is 9.78. The molecule has 0 amide bonds. The SMILES string of the molecule is CN(C)Cc1noc(CCO/N=C2\CC[C@@]3(C)C(CCC4C3CC[C@]3(C)C(=O)CCC43)C2)n1. The van der Waals surface area contributed by atoms with Crippen LogP contribution >= 0.6 is 0 Å². The van der Waals surface area contributed by atoms with E-state index in [0.29, 0.717) is 54.3 Å². The first-order valence-corrected chi connectivity index (χ1v) is 13.0. The third kappa shape index (κ3) is 4.15. The van der Waals surface area contributed by atoms with Crippen LogP contribution in [0.1, 0.15) is 83.3 Å². The standard InChI is InChI=1S/C26H40N4O3/c1-25-12-9-18(28-32-14-11-24-27-23(29-33-24)16-30(3)4)15-17(25)5-6-19-20-7-8-22(31)26(20,2)13-10-21(19)25/h17,19-21H,5-16H2,1-4H3/b28-18+/t17?,19?,20?,21?,25-,26-/m0/s1. The van der Waals surface area contributed by atoms with E-state index < -0.39 is 0 Å². The molecule has 6 atom stereocenters. The zero-order valence-corrected chi connectivity index (χ0v) is 20.8. The number of aromatic nitrogens is 2. The highest BCUT2D eigenvalue weighted by atomic mass is 16.6. The van der Waals surface area contributed by atoms with Crippen LogP contribution in [-0.4, -0.2) is 47.2 Å². The largest absolute Gasteiger partial charge is 0.395 e. The fourth-order valence-corrected chi connectivity index (χ4v) is 7.92. The summed E-state index contributed by atoms with van der Waals surface area (Å²) in [5.41, 5.74) is 1.58. The van der Waals surface area contributed by atoms with Gasteiger partial charge in [-0.3, -0.25) is 4.79 Å². The first-order valence-electron chi connectivity index (χ1n) is 13.0. The van der Waals surface area contributed by atoms with E-state index in [4.69, 9.17) is 9.36 Å². The second kappa shape index (κ2) is 8.79. The van der Waals surface area contributed by atoms with Crippen molar-refractivity contribution in [2.24, 2.45) is 39.7 Å². The molecule has 5 rings (SSSR count). The van der Waals surface area contributed by atoms with Crippen molar-refractivity contribution in [1.29, 1.82) is 0 Å². The summed E-state index contributed by atoms with van der Waals surface area (Å²) in [7, 11) is 3.97. The van der Waals surface area contributed by atoms with Crippen molar-refractivity contribution in [3.8, 4) is 0 Å². The van der Waals surface area contributed by atoms with Crippen molar-refractivity contribution >= 4 is 11.5 Å². The van der Waals surface area contributed by atoms with Crippen LogP contribution in [0.2, 0.25) is 0 Å². The van der Waals surface area contributed by atoms with Gasteiger partial charge >= 0.3 is 0 Å². The van der Waals surface area contributed by atoms with E-state index in [1.54, 1.807) is 0 Å². The Bertz CT molecular complexity index is 911. The maximum Gasteiger partial charge on any atom is 0.230 e. The first-order chi connectivity index (χ1) is 15.8. The van der Waals surface area contributed by atoms with E-state index in [1.165, 1.54) is 31.4 Å². The summed E-state index contributed by atoms with van der Waals surface area (Å²) in [6.45, 7) is 5.96. The first kappa shape index (κ1) is 23.0. The van der Waals surface area contributed by atoms with E-state index >= 15 is 0 Å². The molecular weight excluding hydrogens is 416 g/mol. The Morgan fingerprint density at radius 3 is 2.79 bits per heavy atom. The summed E-state index contributed by atoms with van der Waals surface area (Å²) >= 11 is 0. The minimum atomic E-state index is -0.0227. The summed E-state index contributed by atoms with van der Waals surface area (Å²) in [6, 6.07) is 0. The van der Waals surface area contributed by atoms with Gasteiger partial charge in [-0.2, -0.15) is 4.98 Å². The van der Waals surface area contributed by atoms with Gasteiger partial charge in [0.2, 0.25) is 5.89 Å². The number of hydrogen-bond acceptors (Lipinski definition) is 7. The van der Waals surface area contributed by atoms with Gasteiger partial charge in [0, 0.05) is 11.8 Å². The Hall–Kier alpha value is -1.76. The number of rotatable bonds is 6. The number of carbonyl (C=O) groups excluding carboxylic acids is 1. The van der Waals surface area contributed by atoms with Gasteiger partial charge in [0.1, 0.15) is 12.4 Å². The van der Waals surface area contributed by atoms with E-state index in [-0.39, 0.29) is 5.41 Å². The van der Waals surface area contributed by atoms with E-state index in [0.717, 1.165) is 43.9 Å². The molecule has 1 heterocycles. The minimum absolute atomic E-state index is 0.0227. The second-order valence-corrected chi connectivity index (χ2v) is 11.9. The fourth-order valence-electron chi connectivity index (χ4n) is 7.92. The topological polar surface area (TPSA) is 80.8 Å². The molecule has 1 aromatic heterocycles. The lowest BCUT2D eigenvalue weighted by molar-refractivity contribution is -0.137. The molecule has 33 heavy (non-hydrogen) atoms. The van der Waals surface area contributed by atoms with Crippen molar-refractivity contribution in [2.75, 3.05) is 20.7 Å². The molecular formula is C26H40N4O3. The molecule has 4 saturated carbocycles. The molecule has 1 aromatic rings. The highest BCUT2D eigenvalue weighted by molar-refractivity contribution is 5.87. The normalized spacial score (nSPS) is 39.4. The number of carbonyl (C=O) groups is 1. The lowest BCUT2D eigenvalue weighted by atomic mass is 9.45. The molecule has 4 fully saturated rings. The molecule has 4 aliphatic carbocycles. The maximum absolute atomic E-state index is 12.6. The fraction of sp³-hybridized carbons (Fsp3) is 0.846. The number of oxime groups is 1. The Kier molecular flexibility index (Phi) is 6.13. The van der Waals surface area contributed by atoms with Gasteiger partial charge in [-0.05, 0) is 94.5 Å². The molecule has 0 spiro atoms. The van der Waals surface area contributed by atoms with Crippen LogP contribution in [-0.2, 0) is 22.6 Å². The average Bonchev–Trinajstić information content (AvgIpc) is 3.34. The van der Waals surface area contributed by atoms with Gasteiger partial charge in [0.25, 0.3) is 0 Å². The number of nitrogens with zero attached hydrogens (tertiary/aromatic N) is 4. The summed E-state index contributed by atoms with van der Waals surface area (Å²) < 4.78 is 5.30. The van der Waals surface area contributed by atoms with Gasteiger partial charge < -0.3 is 14.3 Å². The highest BCUT2D eigenvalue weighted by Gasteiger charge is 2.60. The van der Waals surface area contributed by atoms with Crippen molar-refractivity contribution < 1.29 is 14.2 Å². The Morgan fingerprint density at radius 1 is 1.12 bits per heavy atom. The summed E-state index contributed by atoms with van der Waals surface area (Å²) in [4.78, 5) is 24.7. The Balaban J connectivity index is 1.16. The lowest BCUT2D eigenvalue weighted by Crippen LogP contribution is -2.53.